The minimum Gasteiger partial charge on any atom is -0.463 e. The Morgan fingerprint density at radius 3 is 1.76 bits per heavy atom. The van der Waals surface area contributed by atoms with Crippen LogP contribution < -0.4 is 0 Å². The predicted molar refractivity (Wildman–Crippen MR) is 109 cm³/mol. The lowest BCUT2D eigenvalue weighted by Crippen LogP contribution is -2.62. The second-order valence-electron chi connectivity index (χ2n) is 7.37. The van der Waals surface area contributed by atoms with Gasteiger partial charge in [0.25, 0.3) is 5.69 Å². The first kappa shape index (κ1) is 25.7. The van der Waals surface area contributed by atoms with Crippen molar-refractivity contribution in [3.05, 3.63) is 39.9 Å². The van der Waals surface area contributed by atoms with E-state index in [1.54, 1.807) is 0 Å². The van der Waals surface area contributed by atoms with Crippen LogP contribution in [0.3, 0.4) is 0 Å². The van der Waals surface area contributed by atoms with Gasteiger partial charge in [-0.3, -0.25) is 29.3 Å². The summed E-state index contributed by atoms with van der Waals surface area (Å²) in [5.41, 5.74) is 0.488. The Kier molecular flexibility index (Phi) is 8.85. The highest BCUT2D eigenvalue weighted by atomic mass is 16.7. The smallest absolute Gasteiger partial charge is 0.303 e. The number of non-ortho nitro benzene ring substituents is 1. The molecule has 1 aromatic rings. The second-order valence-corrected chi connectivity index (χ2v) is 7.37. The topological polar surface area (TPSA) is 158 Å². The van der Waals surface area contributed by atoms with Crippen LogP contribution in [0.4, 0.5) is 5.69 Å². The number of carbonyl (C=O) groups is 4. The first-order valence-electron chi connectivity index (χ1n) is 10.0. The number of hydrogen-bond acceptors (Lipinski definition) is 11. The number of esters is 4. The molecule has 0 saturated carbocycles. The van der Waals surface area contributed by atoms with Gasteiger partial charge >= 0.3 is 23.9 Å². The third-order valence-corrected chi connectivity index (χ3v) is 4.67. The maximum Gasteiger partial charge on any atom is 0.303 e. The number of ether oxygens (including phenoxy) is 5. The molecule has 2 rings (SSSR count). The van der Waals surface area contributed by atoms with Gasteiger partial charge in [0, 0.05) is 46.2 Å². The molecule has 12 nitrogen and oxygen atoms in total. The van der Waals surface area contributed by atoms with Gasteiger partial charge in [0.15, 0.2) is 18.3 Å². The molecule has 0 bridgehead atoms. The lowest BCUT2D eigenvalue weighted by Gasteiger charge is -2.44. The SMILES string of the molecule is CC(=O)OC[C@H]1O[C@@H](Cc2ccc([N+](=O)[O-])cc2)[C@H](OC(C)=O)[C@@H](OC(C)=O)[C@@H]1OC(C)=O. The molecule has 33 heavy (non-hydrogen) atoms. The Hall–Kier alpha value is -3.54. The molecule has 0 spiro atoms. The number of benzene rings is 1. The Morgan fingerprint density at radius 1 is 0.818 bits per heavy atom. The van der Waals surface area contributed by atoms with Crippen LogP contribution in [-0.2, 0) is 49.3 Å². The average molecular weight is 467 g/mol. The highest BCUT2D eigenvalue weighted by Crippen LogP contribution is 2.31. The Labute approximate surface area is 189 Å². The number of rotatable bonds is 8. The molecule has 12 heteroatoms. The lowest BCUT2D eigenvalue weighted by atomic mass is 9.90. The van der Waals surface area contributed by atoms with Crippen molar-refractivity contribution in [2.45, 2.75) is 64.6 Å². The summed E-state index contributed by atoms with van der Waals surface area (Å²) in [7, 11) is 0. The van der Waals surface area contributed by atoms with Crippen molar-refractivity contribution in [3.63, 3.8) is 0 Å². The van der Waals surface area contributed by atoms with Crippen LogP contribution in [0.1, 0.15) is 33.3 Å². The van der Waals surface area contributed by atoms with E-state index in [0.29, 0.717) is 5.56 Å². The minimum absolute atomic E-state index is 0.0943. The van der Waals surface area contributed by atoms with Gasteiger partial charge in [-0.15, -0.1) is 0 Å². The van der Waals surface area contributed by atoms with Crippen LogP contribution in [0.2, 0.25) is 0 Å². The van der Waals surface area contributed by atoms with Gasteiger partial charge in [-0.1, -0.05) is 12.1 Å². The van der Waals surface area contributed by atoms with Gasteiger partial charge in [0.1, 0.15) is 18.8 Å². The fraction of sp³-hybridized carbons (Fsp3) is 0.524. The number of hydrogen-bond donors (Lipinski definition) is 0. The molecule has 1 saturated heterocycles. The first-order valence-corrected chi connectivity index (χ1v) is 10.0. The first-order chi connectivity index (χ1) is 15.5. The number of nitro benzene ring substituents is 1. The molecule has 1 aliphatic rings. The summed E-state index contributed by atoms with van der Waals surface area (Å²) >= 11 is 0. The number of nitrogens with zero attached hydrogens (tertiary/aromatic N) is 1. The zero-order valence-corrected chi connectivity index (χ0v) is 18.5. The zero-order valence-electron chi connectivity index (χ0n) is 18.5. The van der Waals surface area contributed by atoms with Gasteiger partial charge < -0.3 is 23.7 Å². The van der Waals surface area contributed by atoms with Crippen LogP contribution in [0.5, 0.6) is 0 Å². The van der Waals surface area contributed by atoms with Gasteiger partial charge in [0.2, 0.25) is 0 Å². The molecule has 0 radical (unpaired) electrons. The molecule has 0 aromatic heterocycles. The highest BCUT2D eigenvalue weighted by Gasteiger charge is 2.51. The van der Waals surface area contributed by atoms with Gasteiger partial charge in [-0.2, -0.15) is 0 Å². The maximum atomic E-state index is 11.8. The highest BCUT2D eigenvalue weighted by molar-refractivity contribution is 5.68. The summed E-state index contributed by atoms with van der Waals surface area (Å²) in [5, 5.41) is 10.9. The summed E-state index contributed by atoms with van der Waals surface area (Å²) in [4.78, 5) is 57.1. The van der Waals surface area contributed by atoms with Gasteiger partial charge in [0.05, 0.1) is 4.92 Å². The van der Waals surface area contributed by atoms with E-state index < -0.39 is 59.3 Å². The van der Waals surface area contributed by atoms with E-state index in [-0.39, 0.29) is 18.7 Å². The molecule has 1 heterocycles. The minimum atomic E-state index is -1.26. The zero-order chi connectivity index (χ0) is 24.7. The molecule has 0 amide bonds. The van der Waals surface area contributed by atoms with Crippen LogP contribution in [0, 0.1) is 10.1 Å². The standard InChI is InChI=1S/C21H25NO11/c1-11(23)29-10-18-20(31-13(3)25)21(32-14(4)26)19(30-12(2)24)17(33-18)9-15-5-7-16(8-6-15)22(27)28/h5-8,17-21H,9-10H2,1-4H3/t17-,18+,19-,20+,21+/m0/s1. The molecular weight excluding hydrogens is 442 g/mol. The third-order valence-electron chi connectivity index (χ3n) is 4.67. The Morgan fingerprint density at radius 2 is 1.30 bits per heavy atom. The Bertz CT molecular complexity index is 898. The van der Waals surface area contributed by atoms with Crippen LogP contribution in [-0.4, -0.2) is 65.9 Å². The molecule has 1 fully saturated rings. The number of nitro groups is 1. The summed E-state index contributed by atoms with van der Waals surface area (Å²) < 4.78 is 27.1. The normalized spacial score (nSPS) is 24.3. The van der Waals surface area contributed by atoms with E-state index in [1.807, 2.05) is 0 Å². The third kappa shape index (κ3) is 7.52. The second kappa shape index (κ2) is 11.4. The molecule has 1 aliphatic heterocycles. The fourth-order valence-corrected chi connectivity index (χ4v) is 3.47. The van der Waals surface area contributed by atoms with E-state index in [9.17, 15) is 29.3 Å². The van der Waals surface area contributed by atoms with E-state index in [1.165, 1.54) is 31.2 Å². The number of carbonyl (C=O) groups excluding carboxylic acids is 4. The molecule has 0 N–H and O–H groups in total. The summed E-state index contributed by atoms with van der Waals surface area (Å²) in [6.07, 6.45) is -5.55. The quantitative estimate of drug-likeness (QED) is 0.234. The summed E-state index contributed by atoms with van der Waals surface area (Å²) in [6, 6.07) is 5.62. The average Bonchev–Trinajstić information content (AvgIpc) is 2.70. The van der Waals surface area contributed by atoms with E-state index in [0.717, 1.165) is 20.8 Å². The molecule has 5 atom stereocenters. The van der Waals surface area contributed by atoms with Crippen LogP contribution >= 0.6 is 0 Å². The van der Waals surface area contributed by atoms with Crippen LogP contribution in [0.15, 0.2) is 24.3 Å². The molecular formula is C21H25NO11. The summed E-state index contributed by atoms with van der Waals surface area (Å²) in [5.74, 6) is -2.76. The van der Waals surface area contributed by atoms with Crippen molar-refractivity contribution in [1.82, 2.24) is 0 Å². The van der Waals surface area contributed by atoms with Crippen molar-refractivity contribution in [2.75, 3.05) is 6.61 Å². The van der Waals surface area contributed by atoms with Crippen LogP contribution in [0.25, 0.3) is 0 Å². The summed E-state index contributed by atoms with van der Waals surface area (Å²) in [6.45, 7) is 4.28. The monoisotopic (exact) mass is 467 g/mol. The molecule has 1 aromatic carbocycles. The van der Waals surface area contributed by atoms with E-state index >= 15 is 0 Å². The molecule has 0 unspecified atom stereocenters. The fourth-order valence-electron chi connectivity index (χ4n) is 3.47. The van der Waals surface area contributed by atoms with E-state index in [2.05, 4.69) is 0 Å². The maximum absolute atomic E-state index is 11.8. The van der Waals surface area contributed by atoms with Crippen molar-refractivity contribution >= 4 is 29.6 Å². The van der Waals surface area contributed by atoms with Crippen molar-refractivity contribution in [3.8, 4) is 0 Å². The predicted octanol–water partition coefficient (Wildman–Crippen LogP) is 1.26. The van der Waals surface area contributed by atoms with Crippen molar-refractivity contribution in [1.29, 1.82) is 0 Å². The van der Waals surface area contributed by atoms with Gasteiger partial charge in [-0.25, -0.2) is 0 Å². The molecule has 0 aliphatic carbocycles. The van der Waals surface area contributed by atoms with Gasteiger partial charge in [-0.05, 0) is 5.56 Å². The van der Waals surface area contributed by atoms with Crippen molar-refractivity contribution < 1.29 is 47.8 Å². The van der Waals surface area contributed by atoms with E-state index in [4.69, 9.17) is 23.7 Å². The lowest BCUT2D eigenvalue weighted by molar-refractivity contribution is -0.384. The van der Waals surface area contributed by atoms with Crippen molar-refractivity contribution in [2.24, 2.45) is 0 Å². The Balaban J connectivity index is 2.43. The largest absolute Gasteiger partial charge is 0.463 e. The molecule has 180 valence electrons.